The highest BCUT2D eigenvalue weighted by molar-refractivity contribution is 8.06. The minimum atomic E-state index is -0.0240. The van der Waals surface area contributed by atoms with Crippen molar-refractivity contribution in [3.05, 3.63) is 11.7 Å². The zero-order valence-corrected chi connectivity index (χ0v) is 11.9. The summed E-state index contributed by atoms with van der Waals surface area (Å²) in [4.78, 5) is 4.54. The summed E-state index contributed by atoms with van der Waals surface area (Å²) < 4.78 is 10.7. The van der Waals surface area contributed by atoms with E-state index in [2.05, 4.69) is 17.1 Å². The van der Waals surface area contributed by atoms with Crippen LogP contribution in [0.1, 0.15) is 29.8 Å². The van der Waals surface area contributed by atoms with Crippen LogP contribution in [0, 0.1) is 0 Å². The molecule has 100 valence electrons. The molecule has 0 amide bonds. The molecular weight excluding hydrogens is 270 g/mol. The number of hydrogen-bond acceptors (Lipinski definition) is 7. The molecule has 7 heteroatoms. The number of nitrogens with zero attached hydrogens (tertiary/aromatic N) is 2. The fraction of sp³-hybridized carbons (Fsp3) is 0.818. The van der Waals surface area contributed by atoms with Crippen LogP contribution in [0.25, 0.3) is 0 Å². The highest BCUT2D eigenvalue weighted by Crippen LogP contribution is 2.41. The Kier molecular flexibility index (Phi) is 3.83. The second-order valence-electron chi connectivity index (χ2n) is 4.67. The second-order valence-corrected chi connectivity index (χ2v) is 7.40. The van der Waals surface area contributed by atoms with Crippen LogP contribution in [0.5, 0.6) is 0 Å². The van der Waals surface area contributed by atoms with Crippen LogP contribution >= 0.6 is 23.5 Å². The van der Waals surface area contributed by atoms with Gasteiger partial charge in [-0.1, -0.05) is 12.1 Å². The molecule has 3 heterocycles. The lowest BCUT2D eigenvalue weighted by Gasteiger charge is -2.24. The van der Waals surface area contributed by atoms with E-state index in [9.17, 15) is 0 Å². The molecule has 1 aromatic heterocycles. The zero-order valence-electron chi connectivity index (χ0n) is 10.2. The average Bonchev–Trinajstić information content (AvgIpc) is 2.98. The summed E-state index contributed by atoms with van der Waals surface area (Å²) in [6.07, 6.45) is 0. The highest BCUT2D eigenvalue weighted by atomic mass is 32.2. The fourth-order valence-corrected chi connectivity index (χ4v) is 4.93. The van der Waals surface area contributed by atoms with Crippen LogP contribution in [-0.2, 0) is 4.74 Å². The molecule has 1 aromatic rings. The summed E-state index contributed by atoms with van der Waals surface area (Å²) in [7, 11) is 0. The Morgan fingerprint density at radius 1 is 1.28 bits per heavy atom. The van der Waals surface area contributed by atoms with Crippen LogP contribution < -0.4 is 5.73 Å². The van der Waals surface area contributed by atoms with Gasteiger partial charge in [0.1, 0.15) is 0 Å². The summed E-state index contributed by atoms with van der Waals surface area (Å²) in [5.41, 5.74) is 5.96. The maximum Gasteiger partial charge on any atom is 0.233 e. The molecule has 18 heavy (non-hydrogen) atoms. The molecule has 4 unspecified atom stereocenters. The van der Waals surface area contributed by atoms with Gasteiger partial charge in [0.25, 0.3) is 0 Å². The molecule has 2 saturated heterocycles. The number of aromatic nitrogens is 2. The summed E-state index contributed by atoms with van der Waals surface area (Å²) in [6, 6.07) is -0.0240. The largest absolute Gasteiger partial charge is 0.379 e. The molecule has 2 fully saturated rings. The average molecular weight is 287 g/mol. The molecule has 0 aromatic carbocycles. The van der Waals surface area contributed by atoms with Crippen molar-refractivity contribution in [1.29, 1.82) is 0 Å². The molecule has 5 nitrogen and oxygen atoms in total. The van der Waals surface area contributed by atoms with Crippen molar-refractivity contribution in [3.63, 3.8) is 0 Å². The van der Waals surface area contributed by atoms with Crippen LogP contribution in [-0.4, -0.2) is 46.2 Å². The molecule has 0 saturated carbocycles. The Balaban J connectivity index is 1.76. The van der Waals surface area contributed by atoms with Gasteiger partial charge in [-0.3, -0.25) is 0 Å². The van der Waals surface area contributed by atoms with Crippen LogP contribution in [0.3, 0.4) is 0 Å². The molecule has 4 atom stereocenters. The van der Waals surface area contributed by atoms with Crippen LogP contribution in [0.2, 0.25) is 0 Å². The highest BCUT2D eigenvalue weighted by Gasteiger charge is 2.34. The number of hydrogen-bond donors (Lipinski definition) is 1. The van der Waals surface area contributed by atoms with Crippen molar-refractivity contribution in [2.45, 2.75) is 29.4 Å². The fourth-order valence-electron chi connectivity index (χ4n) is 2.26. The number of rotatable bonds is 2. The van der Waals surface area contributed by atoms with E-state index in [0.717, 1.165) is 11.6 Å². The van der Waals surface area contributed by atoms with Crippen molar-refractivity contribution < 1.29 is 9.26 Å². The lowest BCUT2D eigenvalue weighted by atomic mass is 10.1. The monoisotopic (exact) mass is 287 g/mol. The molecule has 0 bridgehead atoms. The Labute approximate surface area is 115 Å². The van der Waals surface area contributed by atoms with Gasteiger partial charge in [0.2, 0.25) is 5.89 Å². The first kappa shape index (κ1) is 12.8. The third kappa shape index (κ3) is 2.41. The summed E-state index contributed by atoms with van der Waals surface area (Å²) in [5, 5.41) is 5.00. The van der Waals surface area contributed by atoms with Crippen LogP contribution in [0.4, 0.5) is 0 Å². The van der Waals surface area contributed by atoms with Gasteiger partial charge in [-0.25, -0.2) is 0 Å². The van der Waals surface area contributed by atoms with Crippen molar-refractivity contribution in [2.75, 3.05) is 24.7 Å². The standard InChI is InChI=1S/C11H17N3O2S2/c1-6-9(18-3-2-17-6)10-13-11(16-14-10)7-4-15-5-8(7)12/h6-9H,2-5,12H2,1H3. The maximum atomic E-state index is 5.96. The first-order valence-corrected chi connectivity index (χ1v) is 8.25. The van der Waals surface area contributed by atoms with Crippen LogP contribution in [0.15, 0.2) is 4.52 Å². The first-order chi connectivity index (χ1) is 8.75. The number of thioether (sulfide) groups is 2. The Bertz CT molecular complexity index is 415. The van der Waals surface area contributed by atoms with E-state index in [1.165, 1.54) is 5.75 Å². The van der Waals surface area contributed by atoms with Gasteiger partial charge >= 0.3 is 0 Å². The summed E-state index contributed by atoms with van der Waals surface area (Å²) in [5.74, 6) is 3.86. The predicted octanol–water partition coefficient (Wildman–Crippen LogP) is 1.42. The van der Waals surface area contributed by atoms with Gasteiger partial charge in [-0.05, 0) is 0 Å². The van der Waals surface area contributed by atoms with Crippen molar-refractivity contribution in [1.82, 2.24) is 10.1 Å². The van der Waals surface area contributed by atoms with E-state index in [1.54, 1.807) is 0 Å². The molecule has 2 aliphatic rings. The summed E-state index contributed by atoms with van der Waals surface area (Å²) >= 11 is 3.88. The smallest absolute Gasteiger partial charge is 0.233 e. The number of ether oxygens (including phenoxy) is 1. The minimum Gasteiger partial charge on any atom is -0.379 e. The van der Waals surface area contributed by atoms with Crippen molar-refractivity contribution in [3.8, 4) is 0 Å². The van der Waals surface area contributed by atoms with E-state index in [4.69, 9.17) is 15.0 Å². The van der Waals surface area contributed by atoms with E-state index < -0.39 is 0 Å². The van der Waals surface area contributed by atoms with Gasteiger partial charge in [0.05, 0.1) is 24.4 Å². The molecule has 0 radical (unpaired) electrons. The van der Waals surface area contributed by atoms with E-state index >= 15 is 0 Å². The lowest BCUT2D eigenvalue weighted by molar-refractivity contribution is 0.187. The normalized spacial score (nSPS) is 37.0. The van der Waals surface area contributed by atoms with E-state index in [0.29, 0.717) is 29.6 Å². The zero-order chi connectivity index (χ0) is 12.5. The van der Waals surface area contributed by atoms with Gasteiger partial charge in [0, 0.05) is 22.8 Å². The molecule has 2 aliphatic heterocycles. The Morgan fingerprint density at radius 2 is 2.11 bits per heavy atom. The van der Waals surface area contributed by atoms with Crippen molar-refractivity contribution >= 4 is 23.5 Å². The SMILES string of the molecule is CC1SCCSC1c1noc(C2COCC2N)n1. The molecular formula is C11H17N3O2S2. The third-order valence-corrected chi connectivity index (χ3v) is 6.43. The molecule has 2 N–H and O–H groups in total. The molecule has 0 aliphatic carbocycles. The number of nitrogens with two attached hydrogens (primary N) is 1. The topological polar surface area (TPSA) is 74.2 Å². The Hall–Kier alpha value is -0.240. The summed E-state index contributed by atoms with van der Waals surface area (Å²) in [6.45, 7) is 3.39. The van der Waals surface area contributed by atoms with Gasteiger partial charge in [-0.15, -0.1) is 11.8 Å². The van der Waals surface area contributed by atoms with Gasteiger partial charge < -0.3 is 15.0 Å². The van der Waals surface area contributed by atoms with E-state index in [1.807, 2.05) is 23.5 Å². The lowest BCUT2D eigenvalue weighted by Crippen LogP contribution is -2.27. The second kappa shape index (κ2) is 5.40. The first-order valence-electron chi connectivity index (χ1n) is 6.15. The minimum absolute atomic E-state index is 0.0240. The van der Waals surface area contributed by atoms with Crippen molar-refractivity contribution in [2.24, 2.45) is 5.73 Å². The third-order valence-electron chi connectivity index (χ3n) is 3.34. The van der Waals surface area contributed by atoms with Gasteiger partial charge in [0.15, 0.2) is 5.82 Å². The molecule has 3 rings (SSSR count). The maximum absolute atomic E-state index is 5.96. The Morgan fingerprint density at radius 3 is 2.83 bits per heavy atom. The predicted molar refractivity (Wildman–Crippen MR) is 73.0 cm³/mol. The quantitative estimate of drug-likeness (QED) is 0.881. The van der Waals surface area contributed by atoms with E-state index in [-0.39, 0.29) is 12.0 Å². The molecule has 0 spiro atoms. The van der Waals surface area contributed by atoms with Gasteiger partial charge in [-0.2, -0.15) is 16.7 Å².